The minimum absolute atomic E-state index is 0.211. The summed E-state index contributed by atoms with van der Waals surface area (Å²) < 4.78 is 4.93. The molecule has 0 radical (unpaired) electrons. The highest BCUT2D eigenvalue weighted by molar-refractivity contribution is 6.17. The highest BCUT2D eigenvalue weighted by Crippen LogP contribution is 2.24. The van der Waals surface area contributed by atoms with Gasteiger partial charge in [0.25, 0.3) is 0 Å². The number of alkyl halides is 1. The van der Waals surface area contributed by atoms with Crippen molar-refractivity contribution in [3.05, 3.63) is 0 Å². The SMILES string of the molecule is CC(CCCl)C(C)(C)OC(N)=O. The molecule has 3 nitrogen and oxygen atoms in total. The maximum atomic E-state index is 10.5. The molecule has 1 atom stereocenters. The minimum Gasteiger partial charge on any atom is -0.443 e. The summed E-state index contributed by atoms with van der Waals surface area (Å²) in [6.45, 7) is 5.63. The molecule has 0 aliphatic heterocycles. The van der Waals surface area contributed by atoms with E-state index in [-0.39, 0.29) is 5.92 Å². The first-order valence-electron chi connectivity index (χ1n) is 3.94. The lowest BCUT2D eigenvalue weighted by molar-refractivity contribution is 0.00380. The van der Waals surface area contributed by atoms with Gasteiger partial charge in [-0.1, -0.05) is 6.92 Å². The van der Waals surface area contributed by atoms with Crippen molar-refractivity contribution in [1.29, 1.82) is 0 Å². The monoisotopic (exact) mass is 193 g/mol. The van der Waals surface area contributed by atoms with E-state index in [0.29, 0.717) is 5.88 Å². The molecule has 0 heterocycles. The van der Waals surface area contributed by atoms with Crippen molar-refractivity contribution in [2.45, 2.75) is 32.8 Å². The molecule has 0 aromatic heterocycles. The maximum absolute atomic E-state index is 10.5. The number of hydrogen-bond acceptors (Lipinski definition) is 2. The van der Waals surface area contributed by atoms with Crippen molar-refractivity contribution >= 4 is 17.7 Å². The second-order valence-electron chi connectivity index (χ2n) is 3.40. The lowest BCUT2D eigenvalue weighted by Gasteiger charge is -2.30. The number of carbonyl (C=O) groups is 1. The van der Waals surface area contributed by atoms with Gasteiger partial charge < -0.3 is 10.5 Å². The average Bonchev–Trinajstić information content (AvgIpc) is 1.85. The fourth-order valence-electron chi connectivity index (χ4n) is 0.871. The van der Waals surface area contributed by atoms with Crippen molar-refractivity contribution in [1.82, 2.24) is 0 Å². The van der Waals surface area contributed by atoms with Crippen LogP contribution in [0.15, 0.2) is 0 Å². The number of carbonyl (C=O) groups excluding carboxylic acids is 1. The minimum atomic E-state index is -0.735. The van der Waals surface area contributed by atoms with Gasteiger partial charge in [0, 0.05) is 5.88 Å². The zero-order valence-corrected chi connectivity index (χ0v) is 8.52. The van der Waals surface area contributed by atoms with Crippen molar-refractivity contribution in [3.8, 4) is 0 Å². The summed E-state index contributed by atoms with van der Waals surface area (Å²) in [4.78, 5) is 10.5. The largest absolute Gasteiger partial charge is 0.443 e. The van der Waals surface area contributed by atoms with Crippen LogP contribution in [0.5, 0.6) is 0 Å². The molecule has 12 heavy (non-hydrogen) atoms. The molecule has 0 aromatic carbocycles. The lowest BCUT2D eigenvalue weighted by atomic mass is 9.90. The van der Waals surface area contributed by atoms with Crippen molar-refractivity contribution < 1.29 is 9.53 Å². The molecule has 4 heteroatoms. The maximum Gasteiger partial charge on any atom is 0.405 e. The second-order valence-corrected chi connectivity index (χ2v) is 3.78. The predicted molar refractivity (Wildman–Crippen MR) is 49.2 cm³/mol. The summed E-state index contributed by atoms with van der Waals surface area (Å²) >= 11 is 5.57. The van der Waals surface area contributed by atoms with Crippen LogP contribution in [0.2, 0.25) is 0 Å². The highest BCUT2D eigenvalue weighted by atomic mass is 35.5. The number of nitrogens with two attached hydrogens (primary N) is 1. The molecule has 0 saturated heterocycles. The van der Waals surface area contributed by atoms with Crippen molar-refractivity contribution in [2.75, 3.05) is 5.88 Å². The van der Waals surface area contributed by atoms with Crippen LogP contribution in [0.25, 0.3) is 0 Å². The van der Waals surface area contributed by atoms with Gasteiger partial charge in [0.1, 0.15) is 5.60 Å². The smallest absolute Gasteiger partial charge is 0.405 e. The van der Waals surface area contributed by atoms with E-state index in [1.165, 1.54) is 0 Å². The number of ether oxygens (including phenoxy) is 1. The van der Waals surface area contributed by atoms with Gasteiger partial charge in [-0.05, 0) is 26.2 Å². The third-order valence-corrected chi connectivity index (χ3v) is 2.31. The summed E-state index contributed by atoms with van der Waals surface area (Å²) in [5.41, 5.74) is 4.39. The van der Waals surface area contributed by atoms with Gasteiger partial charge in [-0.3, -0.25) is 0 Å². The fraction of sp³-hybridized carbons (Fsp3) is 0.875. The Hall–Kier alpha value is -0.440. The Morgan fingerprint density at radius 2 is 2.17 bits per heavy atom. The highest BCUT2D eigenvalue weighted by Gasteiger charge is 2.28. The molecule has 0 spiro atoms. The first kappa shape index (κ1) is 11.6. The summed E-state index contributed by atoms with van der Waals surface area (Å²) in [5.74, 6) is 0.773. The molecular weight excluding hydrogens is 178 g/mol. The van der Waals surface area contributed by atoms with E-state index in [4.69, 9.17) is 22.1 Å². The summed E-state index contributed by atoms with van der Waals surface area (Å²) in [6, 6.07) is 0. The van der Waals surface area contributed by atoms with Crippen LogP contribution in [-0.4, -0.2) is 17.6 Å². The number of halogens is 1. The van der Waals surface area contributed by atoms with Crippen LogP contribution >= 0.6 is 11.6 Å². The third-order valence-electron chi connectivity index (χ3n) is 2.09. The Balaban J connectivity index is 4.07. The molecule has 0 bridgehead atoms. The molecule has 2 N–H and O–H groups in total. The number of primary amides is 1. The number of amides is 1. The number of rotatable bonds is 4. The molecule has 0 fully saturated rings. The van der Waals surface area contributed by atoms with Gasteiger partial charge in [-0.2, -0.15) is 0 Å². The van der Waals surface area contributed by atoms with Gasteiger partial charge >= 0.3 is 6.09 Å². The topological polar surface area (TPSA) is 52.3 Å². The van der Waals surface area contributed by atoms with Crippen molar-refractivity contribution in [3.63, 3.8) is 0 Å². The van der Waals surface area contributed by atoms with E-state index >= 15 is 0 Å². The Bertz CT molecular complexity index is 159. The van der Waals surface area contributed by atoms with Gasteiger partial charge in [0.2, 0.25) is 0 Å². The fourth-order valence-corrected chi connectivity index (χ4v) is 1.20. The third kappa shape index (κ3) is 3.81. The Morgan fingerprint density at radius 1 is 1.67 bits per heavy atom. The summed E-state index contributed by atoms with van der Waals surface area (Å²) in [7, 11) is 0. The quantitative estimate of drug-likeness (QED) is 0.696. The summed E-state index contributed by atoms with van der Waals surface area (Å²) in [5, 5.41) is 0. The van der Waals surface area contributed by atoms with E-state index in [2.05, 4.69) is 0 Å². The molecule has 72 valence electrons. The van der Waals surface area contributed by atoms with Crippen LogP contribution in [0.1, 0.15) is 27.2 Å². The van der Waals surface area contributed by atoms with E-state index < -0.39 is 11.7 Å². The first-order chi connectivity index (χ1) is 5.40. The molecule has 0 aliphatic rings. The van der Waals surface area contributed by atoms with Gasteiger partial charge in [0.05, 0.1) is 0 Å². The van der Waals surface area contributed by atoms with Gasteiger partial charge in [-0.25, -0.2) is 4.79 Å². The standard InChI is InChI=1S/C8H16ClNO2/c1-6(4-5-9)8(2,3)12-7(10)11/h6H,4-5H2,1-3H3,(H2,10,11). The molecular formula is C8H16ClNO2. The van der Waals surface area contributed by atoms with E-state index in [1.54, 1.807) is 0 Å². The number of hydrogen-bond donors (Lipinski definition) is 1. The lowest BCUT2D eigenvalue weighted by Crippen LogP contribution is -2.37. The first-order valence-corrected chi connectivity index (χ1v) is 4.48. The Kier molecular flexibility index (Phi) is 4.39. The normalized spacial score (nSPS) is 14.0. The van der Waals surface area contributed by atoms with Crippen LogP contribution in [-0.2, 0) is 4.74 Å². The zero-order valence-electron chi connectivity index (χ0n) is 7.76. The van der Waals surface area contributed by atoms with Crippen LogP contribution < -0.4 is 5.73 Å². The van der Waals surface area contributed by atoms with E-state index in [0.717, 1.165) is 6.42 Å². The van der Waals surface area contributed by atoms with Crippen molar-refractivity contribution in [2.24, 2.45) is 11.7 Å². The van der Waals surface area contributed by atoms with E-state index in [1.807, 2.05) is 20.8 Å². The van der Waals surface area contributed by atoms with Gasteiger partial charge in [0.15, 0.2) is 0 Å². The van der Waals surface area contributed by atoms with E-state index in [9.17, 15) is 4.79 Å². The van der Waals surface area contributed by atoms with Crippen LogP contribution in [0.4, 0.5) is 4.79 Å². The second kappa shape index (κ2) is 4.55. The molecule has 1 unspecified atom stereocenters. The Labute approximate surface area is 78.2 Å². The molecule has 1 amide bonds. The van der Waals surface area contributed by atoms with Crippen LogP contribution in [0.3, 0.4) is 0 Å². The molecule has 0 aliphatic carbocycles. The summed E-state index contributed by atoms with van der Waals surface area (Å²) in [6.07, 6.45) is 0.0726. The average molecular weight is 194 g/mol. The predicted octanol–water partition coefficient (Wildman–Crippen LogP) is 2.13. The Morgan fingerprint density at radius 3 is 2.50 bits per heavy atom. The van der Waals surface area contributed by atoms with Crippen LogP contribution in [0, 0.1) is 5.92 Å². The van der Waals surface area contributed by atoms with Gasteiger partial charge in [-0.15, -0.1) is 11.6 Å². The molecule has 0 saturated carbocycles. The molecule has 0 aromatic rings. The molecule has 0 rings (SSSR count). The zero-order chi connectivity index (χ0) is 9.78.